The van der Waals surface area contributed by atoms with Gasteiger partial charge in [-0.2, -0.15) is 0 Å². The molecule has 0 fully saturated rings. The predicted molar refractivity (Wildman–Crippen MR) is 75.7 cm³/mol. The second-order valence-electron chi connectivity index (χ2n) is 4.55. The Bertz CT molecular complexity index is 503. The van der Waals surface area contributed by atoms with Gasteiger partial charge in [0.05, 0.1) is 6.04 Å². The van der Waals surface area contributed by atoms with Gasteiger partial charge in [-0.3, -0.25) is 4.98 Å². The van der Waals surface area contributed by atoms with Gasteiger partial charge in [0.1, 0.15) is 0 Å². The Morgan fingerprint density at radius 3 is 2.44 bits per heavy atom. The van der Waals surface area contributed by atoms with Crippen LogP contribution in [0.15, 0.2) is 42.7 Å². The van der Waals surface area contributed by atoms with E-state index in [0.29, 0.717) is 0 Å². The summed E-state index contributed by atoms with van der Waals surface area (Å²) < 4.78 is 0. The summed E-state index contributed by atoms with van der Waals surface area (Å²) in [7, 11) is 1.99. The van der Waals surface area contributed by atoms with E-state index in [9.17, 15) is 0 Å². The summed E-state index contributed by atoms with van der Waals surface area (Å²) in [5, 5.41) is 3.37. The molecular formula is C16H20N2. The Morgan fingerprint density at radius 1 is 1.17 bits per heavy atom. The lowest BCUT2D eigenvalue weighted by atomic mass is 9.96. The first kappa shape index (κ1) is 12.8. The summed E-state index contributed by atoms with van der Waals surface area (Å²) in [5.74, 6) is 0. The maximum atomic E-state index is 4.23. The number of nitrogens with one attached hydrogen (secondary N) is 1. The second-order valence-corrected chi connectivity index (χ2v) is 4.55. The molecule has 0 aliphatic heterocycles. The number of nitrogens with zero attached hydrogens (tertiary/aromatic N) is 1. The van der Waals surface area contributed by atoms with Crippen molar-refractivity contribution in [3.05, 3.63) is 65.0 Å². The Kier molecular flexibility index (Phi) is 4.11. The van der Waals surface area contributed by atoms with Crippen LogP contribution in [0.3, 0.4) is 0 Å². The molecule has 1 unspecified atom stereocenters. The molecule has 2 nitrogen and oxygen atoms in total. The van der Waals surface area contributed by atoms with Crippen molar-refractivity contribution in [3.8, 4) is 0 Å². The van der Waals surface area contributed by atoms with Crippen molar-refractivity contribution < 1.29 is 0 Å². The Morgan fingerprint density at radius 2 is 1.89 bits per heavy atom. The highest BCUT2D eigenvalue weighted by molar-refractivity contribution is 5.36. The molecule has 0 saturated carbocycles. The Hall–Kier alpha value is -1.67. The van der Waals surface area contributed by atoms with Crippen LogP contribution in [0.5, 0.6) is 0 Å². The van der Waals surface area contributed by atoms with Gasteiger partial charge in [0.25, 0.3) is 0 Å². The van der Waals surface area contributed by atoms with Gasteiger partial charge in [0, 0.05) is 12.4 Å². The zero-order valence-corrected chi connectivity index (χ0v) is 11.3. The highest BCUT2D eigenvalue weighted by Crippen LogP contribution is 2.24. The third kappa shape index (κ3) is 2.59. The van der Waals surface area contributed by atoms with Crippen molar-refractivity contribution in [2.45, 2.75) is 26.3 Å². The summed E-state index contributed by atoms with van der Waals surface area (Å²) in [6.07, 6.45) is 4.87. The van der Waals surface area contributed by atoms with Crippen LogP contribution in [-0.4, -0.2) is 12.0 Å². The smallest absolute Gasteiger partial charge is 0.0592 e. The van der Waals surface area contributed by atoms with E-state index in [1.807, 2.05) is 19.4 Å². The normalized spacial score (nSPS) is 12.4. The number of benzene rings is 1. The molecule has 94 valence electrons. The topological polar surface area (TPSA) is 24.9 Å². The second kappa shape index (κ2) is 5.78. The number of hydrogen-bond acceptors (Lipinski definition) is 2. The summed E-state index contributed by atoms with van der Waals surface area (Å²) in [5.41, 5.74) is 5.16. The van der Waals surface area contributed by atoms with Crippen molar-refractivity contribution in [2.75, 3.05) is 7.05 Å². The predicted octanol–water partition coefficient (Wildman–Crippen LogP) is 3.26. The van der Waals surface area contributed by atoms with Gasteiger partial charge in [-0.25, -0.2) is 0 Å². The molecule has 1 aromatic heterocycles. The van der Waals surface area contributed by atoms with Gasteiger partial charge in [-0.1, -0.05) is 31.2 Å². The minimum atomic E-state index is 0.213. The van der Waals surface area contributed by atoms with Crippen LogP contribution in [-0.2, 0) is 6.42 Å². The van der Waals surface area contributed by atoms with Crippen LogP contribution in [0, 0.1) is 6.92 Å². The van der Waals surface area contributed by atoms with Gasteiger partial charge >= 0.3 is 0 Å². The molecule has 0 radical (unpaired) electrons. The zero-order valence-electron chi connectivity index (χ0n) is 11.3. The molecule has 0 aliphatic carbocycles. The van der Waals surface area contributed by atoms with E-state index in [4.69, 9.17) is 0 Å². The molecule has 0 spiro atoms. The molecule has 0 aliphatic rings. The Labute approximate surface area is 109 Å². The van der Waals surface area contributed by atoms with Crippen molar-refractivity contribution in [3.63, 3.8) is 0 Å². The van der Waals surface area contributed by atoms with Crippen LogP contribution in [0.2, 0.25) is 0 Å². The lowest BCUT2D eigenvalue weighted by molar-refractivity contribution is 0.684. The third-order valence-corrected chi connectivity index (χ3v) is 3.40. The quantitative estimate of drug-likeness (QED) is 0.887. The fourth-order valence-corrected chi connectivity index (χ4v) is 2.23. The molecule has 1 atom stereocenters. The van der Waals surface area contributed by atoms with Crippen molar-refractivity contribution in [1.82, 2.24) is 10.3 Å². The maximum absolute atomic E-state index is 4.23. The monoisotopic (exact) mass is 240 g/mol. The van der Waals surface area contributed by atoms with Gasteiger partial charge in [0.15, 0.2) is 0 Å². The first-order valence-corrected chi connectivity index (χ1v) is 6.43. The average Bonchev–Trinajstić information content (AvgIpc) is 2.42. The van der Waals surface area contributed by atoms with Crippen LogP contribution in [0.1, 0.15) is 35.2 Å². The van der Waals surface area contributed by atoms with Crippen molar-refractivity contribution in [1.29, 1.82) is 0 Å². The summed E-state index contributed by atoms with van der Waals surface area (Å²) in [6, 6.07) is 11.1. The first-order chi connectivity index (χ1) is 8.76. The SMILES string of the molecule is CCc1ccc(C(NC)c2cnccc2C)cc1. The van der Waals surface area contributed by atoms with E-state index in [-0.39, 0.29) is 6.04 Å². The standard InChI is InChI=1S/C16H20N2/c1-4-13-5-7-14(8-6-13)16(17-3)15-11-18-10-9-12(15)2/h5-11,16-17H,4H2,1-3H3. The van der Waals surface area contributed by atoms with Crippen molar-refractivity contribution >= 4 is 0 Å². The summed E-state index contributed by atoms with van der Waals surface area (Å²) in [6.45, 7) is 4.30. The number of aryl methyl sites for hydroxylation is 2. The molecular weight excluding hydrogens is 220 g/mol. The van der Waals surface area contributed by atoms with E-state index in [2.05, 4.69) is 54.5 Å². The fourth-order valence-electron chi connectivity index (χ4n) is 2.23. The highest BCUT2D eigenvalue weighted by Gasteiger charge is 2.13. The van der Waals surface area contributed by atoms with Gasteiger partial charge < -0.3 is 5.32 Å². The maximum Gasteiger partial charge on any atom is 0.0592 e. The number of aromatic nitrogens is 1. The lowest BCUT2D eigenvalue weighted by Crippen LogP contribution is -2.18. The van der Waals surface area contributed by atoms with Crippen LogP contribution >= 0.6 is 0 Å². The molecule has 2 aromatic rings. The minimum absolute atomic E-state index is 0.213. The number of hydrogen-bond donors (Lipinski definition) is 1. The van der Waals surface area contributed by atoms with Gasteiger partial charge in [0.2, 0.25) is 0 Å². The molecule has 1 heterocycles. The Balaban J connectivity index is 2.36. The molecule has 0 bridgehead atoms. The van der Waals surface area contributed by atoms with E-state index in [1.54, 1.807) is 0 Å². The molecule has 2 rings (SSSR count). The molecule has 0 saturated heterocycles. The molecule has 0 amide bonds. The summed E-state index contributed by atoms with van der Waals surface area (Å²) >= 11 is 0. The van der Waals surface area contributed by atoms with Crippen LogP contribution in [0.4, 0.5) is 0 Å². The van der Waals surface area contributed by atoms with E-state index >= 15 is 0 Å². The minimum Gasteiger partial charge on any atom is -0.309 e. The lowest BCUT2D eigenvalue weighted by Gasteiger charge is -2.19. The van der Waals surface area contributed by atoms with Crippen LogP contribution in [0.25, 0.3) is 0 Å². The van der Waals surface area contributed by atoms with E-state index in [1.165, 1.54) is 22.3 Å². The molecule has 1 aromatic carbocycles. The first-order valence-electron chi connectivity index (χ1n) is 6.43. The summed E-state index contributed by atoms with van der Waals surface area (Å²) in [4.78, 5) is 4.23. The largest absolute Gasteiger partial charge is 0.309 e. The average molecular weight is 240 g/mol. The fraction of sp³-hybridized carbons (Fsp3) is 0.312. The molecule has 2 heteroatoms. The van der Waals surface area contributed by atoms with Gasteiger partial charge in [-0.15, -0.1) is 0 Å². The van der Waals surface area contributed by atoms with Gasteiger partial charge in [-0.05, 0) is 48.7 Å². The highest BCUT2D eigenvalue weighted by atomic mass is 14.9. The number of rotatable bonds is 4. The zero-order chi connectivity index (χ0) is 13.0. The van der Waals surface area contributed by atoms with Crippen molar-refractivity contribution in [2.24, 2.45) is 0 Å². The van der Waals surface area contributed by atoms with E-state index in [0.717, 1.165) is 6.42 Å². The third-order valence-electron chi connectivity index (χ3n) is 3.40. The van der Waals surface area contributed by atoms with Crippen LogP contribution < -0.4 is 5.32 Å². The number of pyridine rings is 1. The molecule has 18 heavy (non-hydrogen) atoms. The molecule has 1 N–H and O–H groups in total. The van der Waals surface area contributed by atoms with E-state index < -0.39 is 0 Å².